The number of aryl methyl sites for hydroxylation is 1. The number of hydrogen-bond donors (Lipinski definition) is 3. The van der Waals surface area contributed by atoms with Crippen molar-refractivity contribution in [1.82, 2.24) is 25.6 Å². The van der Waals surface area contributed by atoms with Gasteiger partial charge in [-0.05, 0) is 56.7 Å². The summed E-state index contributed by atoms with van der Waals surface area (Å²) in [6, 6.07) is 3.26. The molecule has 2 aromatic heterocycles. The van der Waals surface area contributed by atoms with Crippen LogP contribution in [-0.4, -0.2) is 51.6 Å². The molecule has 2 fully saturated rings. The van der Waals surface area contributed by atoms with Crippen LogP contribution in [0.15, 0.2) is 24.5 Å². The Balaban J connectivity index is 1.43. The largest absolute Gasteiger partial charge is 0.493 e. The van der Waals surface area contributed by atoms with Gasteiger partial charge in [0, 0.05) is 36.2 Å². The van der Waals surface area contributed by atoms with Crippen LogP contribution >= 0.6 is 0 Å². The predicted molar refractivity (Wildman–Crippen MR) is 135 cm³/mol. The van der Waals surface area contributed by atoms with E-state index in [9.17, 15) is 22.8 Å². The number of amides is 2. The molecule has 2 aliphatic rings. The summed E-state index contributed by atoms with van der Waals surface area (Å²) in [5, 5.41) is 5.51. The van der Waals surface area contributed by atoms with E-state index in [2.05, 4.69) is 25.6 Å². The maximum atomic E-state index is 14.6. The zero-order valence-electron chi connectivity index (χ0n) is 21.2. The minimum Gasteiger partial charge on any atom is -0.493 e. The first-order valence-electron chi connectivity index (χ1n) is 12.8. The highest BCUT2D eigenvalue weighted by Crippen LogP contribution is 2.38. The number of nitrogens with one attached hydrogen (secondary N) is 3. The van der Waals surface area contributed by atoms with Gasteiger partial charge in [0.05, 0.1) is 23.7 Å². The van der Waals surface area contributed by atoms with Crippen molar-refractivity contribution in [2.75, 3.05) is 6.61 Å². The maximum absolute atomic E-state index is 14.6. The Morgan fingerprint density at radius 3 is 2.63 bits per heavy atom. The summed E-state index contributed by atoms with van der Waals surface area (Å²) < 4.78 is 47.7. The predicted octanol–water partition coefficient (Wildman–Crippen LogP) is 4.78. The molecule has 38 heavy (non-hydrogen) atoms. The molecule has 1 aromatic carbocycles. The monoisotopic (exact) mass is 529 g/mol. The highest BCUT2D eigenvalue weighted by molar-refractivity contribution is 6.09. The van der Waals surface area contributed by atoms with Crippen molar-refractivity contribution in [1.29, 1.82) is 0 Å². The van der Waals surface area contributed by atoms with Gasteiger partial charge in [-0.2, -0.15) is 0 Å². The molecule has 11 heteroatoms. The minimum absolute atomic E-state index is 0.0838. The number of halogens is 3. The lowest BCUT2D eigenvalue weighted by Gasteiger charge is -2.32. The van der Waals surface area contributed by atoms with Crippen LogP contribution in [0.2, 0.25) is 0 Å². The molecule has 202 valence electrons. The normalized spacial score (nSPS) is 21.5. The Kier molecular flexibility index (Phi) is 7.27. The van der Waals surface area contributed by atoms with Gasteiger partial charge in [-0.25, -0.2) is 23.1 Å². The number of ether oxygens (including phenoxy) is 1. The fourth-order valence-corrected chi connectivity index (χ4v) is 5.02. The van der Waals surface area contributed by atoms with Gasteiger partial charge >= 0.3 is 0 Å². The summed E-state index contributed by atoms with van der Waals surface area (Å²) in [6.07, 6.45) is 0.513. The number of benzene rings is 1. The number of alkyl halides is 3. The number of fused-ring (bicyclic) bond motifs is 1. The summed E-state index contributed by atoms with van der Waals surface area (Å²) in [5.74, 6) is 0.193. The van der Waals surface area contributed by atoms with Gasteiger partial charge in [0.2, 0.25) is 5.91 Å². The fourth-order valence-electron chi connectivity index (χ4n) is 5.02. The molecule has 2 amide bonds. The molecule has 8 nitrogen and oxygen atoms in total. The number of nitrogens with zero attached hydrogens (tertiary/aromatic N) is 2. The molecule has 0 aliphatic heterocycles. The number of rotatable bonds is 8. The number of carbonyl (C=O) groups excluding carboxylic acids is 2. The first kappa shape index (κ1) is 26.0. The van der Waals surface area contributed by atoms with Crippen LogP contribution in [0, 0.1) is 12.8 Å². The molecule has 2 saturated carbocycles. The molecular weight excluding hydrogens is 499 g/mol. The molecule has 2 aliphatic carbocycles. The first-order valence-corrected chi connectivity index (χ1v) is 12.8. The average molecular weight is 530 g/mol. The quantitative estimate of drug-likeness (QED) is 0.389. The number of aromatic nitrogens is 3. The number of aromatic amines is 1. The Hall–Kier alpha value is -3.63. The van der Waals surface area contributed by atoms with E-state index in [1.807, 2.05) is 0 Å². The highest BCUT2D eigenvalue weighted by Gasteiger charge is 2.33. The molecule has 3 unspecified atom stereocenters. The molecule has 3 N–H and O–H groups in total. The molecule has 5 rings (SSSR count). The van der Waals surface area contributed by atoms with Gasteiger partial charge in [0.15, 0.2) is 0 Å². The second kappa shape index (κ2) is 10.6. The molecule has 0 radical (unpaired) electrons. The van der Waals surface area contributed by atoms with Gasteiger partial charge in [-0.1, -0.05) is 0 Å². The summed E-state index contributed by atoms with van der Waals surface area (Å²) >= 11 is 0. The number of carbonyl (C=O) groups is 2. The van der Waals surface area contributed by atoms with Crippen LogP contribution in [0.3, 0.4) is 0 Å². The average Bonchev–Trinajstić information content (AvgIpc) is 3.63. The Bertz CT molecular complexity index is 1360. The lowest BCUT2D eigenvalue weighted by atomic mass is 9.89. The molecule has 0 saturated heterocycles. The second-order valence-corrected chi connectivity index (χ2v) is 10.2. The van der Waals surface area contributed by atoms with E-state index < -0.39 is 30.6 Å². The van der Waals surface area contributed by atoms with Gasteiger partial charge in [-0.3, -0.25) is 9.59 Å². The third kappa shape index (κ3) is 5.46. The summed E-state index contributed by atoms with van der Waals surface area (Å²) in [4.78, 5) is 36.4. The van der Waals surface area contributed by atoms with E-state index in [0.717, 1.165) is 12.8 Å². The van der Waals surface area contributed by atoms with Crippen molar-refractivity contribution in [3.63, 3.8) is 0 Å². The van der Waals surface area contributed by atoms with E-state index in [0.29, 0.717) is 59.1 Å². The molecule has 3 atom stereocenters. The molecule has 3 aromatic rings. The zero-order valence-corrected chi connectivity index (χ0v) is 21.2. The standard InChI is InChI=1S/C27H30F3N5O3/c1-13-22(27(37)35-17-6-7-20(19(28)10-17)34-14(2)36)24-25(33-13)23(31-12-32-24)18-9-16(26(29)30)5-8-21(18)38-11-15-3-4-15/h5,8-9,12,15,17,19-20,26,33H,3-4,6-7,10-11H2,1-2H3,(H,34,36)(H,35,37). The van der Waals surface area contributed by atoms with Crippen LogP contribution in [0.5, 0.6) is 5.75 Å². The SMILES string of the molecule is CC(=O)NC1CCC(NC(=O)c2c(C)[nH]c3c(-c4cc(C(F)F)ccc4OCC4CC4)ncnc23)CC1F. The van der Waals surface area contributed by atoms with Crippen molar-refractivity contribution in [2.45, 2.75) is 70.6 Å². The van der Waals surface area contributed by atoms with E-state index in [-0.39, 0.29) is 23.5 Å². The second-order valence-electron chi connectivity index (χ2n) is 10.2. The van der Waals surface area contributed by atoms with Gasteiger partial charge in [-0.15, -0.1) is 0 Å². The van der Waals surface area contributed by atoms with Crippen molar-refractivity contribution in [3.05, 3.63) is 41.3 Å². The number of H-pyrrole nitrogens is 1. The molecule has 0 bridgehead atoms. The van der Waals surface area contributed by atoms with Crippen LogP contribution in [0.1, 0.15) is 67.1 Å². The maximum Gasteiger partial charge on any atom is 0.263 e. The van der Waals surface area contributed by atoms with Crippen LogP contribution in [0.4, 0.5) is 13.2 Å². The third-order valence-corrected chi connectivity index (χ3v) is 7.18. The van der Waals surface area contributed by atoms with E-state index >= 15 is 0 Å². The summed E-state index contributed by atoms with van der Waals surface area (Å²) in [6.45, 7) is 3.56. The van der Waals surface area contributed by atoms with Crippen molar-refractivity contribution >= 4 is 22.8 Å². The Morgan fingerprint density at radius 2 is 1.95 bits per heavy atom. The molecule has 2 heterocycles. The van der Waals surface area contributed by atoms with Gasteiger partial charge in [0.1, 0.15) is 29.5 Å². The highest BCUT2D eigenvalue weighted by atomic mass is 19.3. The Morgan fingerprint density at radius 1 is 1.16 bits per heavy atom. The van der Waals surface area contributed by atoms with Crippen molar-refractivity contribution in [2.24, 2.45) is 5.92 Å². The summed E-state index contributed by atoms with van der Waals surface area (Å²) in [5.41, 5.74) is 2.15. The van der Waals surface area contributed by atoms with E-state index in [1.54, 1.807) is 6.92 Å². The van der Waals surface area contributed by atoms with Crippen molar-refractivity contribution in [3.8, 4) is 17.0 Å². The third-order valence-electron chi connectivity index (χ3n) is 7.18. The van der Waals surface area contributed by atoms with Gasteiger partial charge < -0.3 is 20.4 Å². The number of hydrogen-bond acceptors (Lipinski definition) is 5. The molecule has 0 spiro atoms. The first-order chi connectivity index (χ1) is 18.2. The molecular formula is C27H30F3N5O3. The fraction of sp³-hybridized carbons (Fsp3) is 0.481. The minimum atomic E-state index is -2.67. The smallest absolute Gasteiger partial charge is 0.263 e. The van der Waals surface area contributed by atoms with Crippen LogP contribution < -0.4 is 15.4 Å². The lowest BCUT2D eigenvalue weighted by Crippen LogP contribution is -2.49. The van der Waals surface area contributed by atoms with Gasteiger partial charge in [0.25, 0.3) is 12.3 Å². The van der Waals surface area contributed by atoms with Crippen molar-refractivity contribution < 1.29 is 27.5 Å². The topological polar surface area (TPSA) is 109 Å². The van der Waals surface area contributed by atoms with E-state index in [1.165, 1.54) is 31.5 Å². The zero-order chi connectivity index (χ0) is 27.0. The van der Waals surface area contributed by atoms with Crippen LogP contribution in [-0.2, 0) is 4.79 Å². The Labute approximate surface area is 217 Å². The van der Waals surface area contributed by atoms with Crippen LogP contribution in [0.25, 0.3) is 22.3 Å². The summed E-state index contributed by atoms with van der Waals surface area (Å²) in [7, 11) is 0. The lowest BCUT2D eigenvalue weighted by molar-refractivity contribution is -0.120. The van der Waals surface area contributed by atoms with E-state index in [4.69, 9.17) is 4.74 Å².